The fraction of sp³-hybridized carbons (Fsp3) is 0.316. The number of aromatic nitrogens is 1. The van der Waals surface area contributed by atoms with Crippen molar-refractivity contribution in [2.75, 3.05) is 20.2 Å². The van der Waals surface area contributed by atoms with Crippen LogP contribution in [-0.4, -0.2) is 42.1 Å². The van der Waals surface area contributed by atoms with Crippen molar-refractivity contribution in [3.63, 3.8) is 0 Å². The number of carbonyl (C=O) groups is 1. The lowest BCUT2D eigenvalue weighted by Crippen LogP contribution is -2.46. The van der Waals surface area contributed by atoms with E-state index < -0.39 is 0 Å². The number of rotatable bonds is 2. The van der Waals surface area contributed by atoms with Crippen molar-refractivity contribution in [1.82, 2.24) is 9.88 Å². The maximum absolute atomic E-state index is 12.1. The molecule has 1 unspecified atom stereocenters. The molecule has 4 nitrogen and oxygen atoms in total. The summed E-state index contributed by atoms with van der Waals surface area (Å²) < 4.78 is 4.96. The summed E-state index contributed by atoms with van der Waals surface area (Å²) in [6.45, 7) is 1.14. The summed E-state index contributed by atoms with van der Waals surface area (Å²) in [7, 11) is 1.43. The molecule has 0 radical (unpaired) electrons. The minimum absolute atomic E-state index is 0.204. The Bertz CT molecular complexity index is 856. The second-order valence-electron chi connectivity index (χ2n) is 6.15. The summed E-state index contributed by atoms with van der Waals surface area (Å²) in [4.78, 5) is 17.6. The predicted octanol–water partition coefficient (Wildman–Crippen LogP) is 2.21. The highest BCUT2D eigenvalue weighted by Crippen LogP contribution is 2.41. The number of carbonyl (C=O) groups excluding carboxylic acids is 1. The molecule has 1 aromatic heterocycles. The lowest BCUT2D eigenvalue weighted by molar-refractivity contribution is -0.144. The van der Waals surface area contributed by atoms with Gasteiger partial charge in [0.1, 0.15) is 0 Å². The molecule has 2 aromatic rings. The Morgan fingerprint density at radius 1 is 1.52 bits per heavy atom. The van der Waals surface area contributed by atoms with Crippen LogP contribution in [0.1, 0.15) is 11.1 Å². The number of ether oxygens (including phenoxy) is 1. The largest absolute Gasteiger partial charge is 0.469 e. The molecule has 0 amide bonds. The maximum Gasteiger partial charge on any atom is 0.313 e. The van der Waals surface area contributed by atoms with Gasteiger partial charge in [-0.05, 0) is 29.2 Å². The molecule has 0 saturated heterocycles. The van der Waals surface area contributed by atoms with Gasteiger partial charge in [0.25, 0.3) is 0 Å². The Labute approximate surface area is 135 Å². The molecular weight excluding hydrogens is 288 g/mol. The third-order valence-electron chi connectivity index (χ3n) is 4.92. The van der Waals surface area contributed by atoms with Gasteiger partial charge in [0.2, 0.25) is 0 Å². The van der Waals surface area contributed by atoms with E-state index in [4.69, 9.17) is 11.2 Å². The fourth-order valence-electron chi connectivity index (χ4n) is 3.92. The topological polar surface area (TPSA) is 45.3 Å². The van der Waals surface area contributed by atoms with Gasteiger partial charge in [-0.2, -0.15) is 0 Å². The summed E-state index contributed by atoms with van der Waals surface area (Å²) >= 11 is 0. The monoisotopic (exact) mass is 306 g/mol. The Kier molecular flexibility index (Phi) is 3.24. The van der Waals surface area contributed by atoms with E-state index in [1.165, 1.54) is 29.2 Å². The van der Waals surface area contributed by atoms with Crippen LogP contribution in [0.25, 0.3) is 16.5 Å². The van der Waals surface area contributed by atoms with Gasteiger partial charge in [-0.3, -0.25) is 9.69 Å². The number of benzene rings is 1. The van der Waals surface area contributed by atoms with Crippen molar-refractivity contribution in [1.29, 1.82) is 0 Å². The van der Waals surface area contributed by atoms with Crippen molar-refractivity contribution in [2.45, 2.75) is 12.5 Å². The molecule has 0 bridgehead atoms. The summed E-state index contributed by atoms with van der Waals surface area (Å²) in [5.74, 6) is 2.26. The molecule has 2 aliphatic rings. The van der Waals surface area contributed by atoms with Crippen LogP contribution in [0.3, 0.4) is 0 Å². The van der Waals surface area contributed by atoms with Gasteiger partial charge in [-0.15, -0.1) is 6.42 Å². The van der Waals surface area contributed by atoms with E-state index >= 15 is 0 Å². The van der Waals surface area contributed by atoms with Crippen molar-refractivity contribution < 1.29 is 9.53 Å². The normalized spacial score (nSPS) is 23.0. The molecule has 116 valence electrons. The zero-order chi connectivity index (χ0) is 16.0. The molecule has 1 N–H and O–H groups in total. The number of nitrogens with one attached hydrogen (secondary N) is 1. The van der Waals surface area contributed by atoms with Crippen molar-refractivity contribution >= 4 is 22.4 Å². The maximum atomic E-state index is 12.1. The standard InChI is InChI=1S/C19H18N2O2/c1-3-7-21-11-13(19(22)23-2)8-15-14-5-4-6-16-18(14)12(10-20-16)9-17(15)21/h1,4-6,8,10,13,17,20H,7,9,11H2,2H3/t13?,17-/m1/s1. The van der Waals surface area contributed by atoms with Gasteiger partial charge >= 0.3 is 5.97 Å². The summed E-state index contributed by atoms with van der Waals surface area (Å²) in [6.07, 6.45) is 10.6. The second-order valence-corrected chi connectivity index (χ2v) is 6.15. The van der Waals surface area contributed by atoms with Crippen LogP contribution in [0.4, 0.5) is 0 Å². The van der Waals surface area contributed by atoms with Gasteiger partial charge in [-0.25, -0.2) is 0 Å². The molecule has 0 fully saturated rings. The number of terminal acetylenes is 1. The molecule has 4 heteroatoms. The zero-order valence-corrected chi connectivity index (χ0v) is 13.0. The van der Waals surface area contributed by atoms with Gasteiger partial charge in [0, 0.05) is 29.7 Å². The number of esters is 1. The molecule has 0 saturated carbocycles. The molecule has 1 aliphatic heterocycles. The highest BCUT2D eigenvalue weighted by Gasteiger charge is 2.37. The van der Waals surface area contributed by atoms with E-state index in [2.05, 4.69) is 46.3 Å². The van der Waals surface area contributed by atoms with Crippen molar-refractivity contribution in [3.8, 4) is 12.3 Å². The molecule has 2 atom stereocenters. The number of methoxy groups -OCH3 is 1. The van der Waals surface area contributed by atoms with E-state index in [0.717, 1.165) is 11.9 Å². The molecule has 1 aliphatic carbocycles. The molecule has 4 rings (SSSR count). The molecular formula is C19H18N2O2. The molecule has 0 spiro atoms. The van der Waals surface area contributed by atoms with Crippen molar-refractivity contribution in [3.05, 3.63) is 41.6 Å². The number of nitrogens with zero attached hydrogens (tertiary/aromatic N) is 1. The van der Waals surface area contributed by atoms with Gasteiger partial charge in [0.15, 0.2) is 0 Å². The highest BCUT2D eigenvalue weighted by atomic mass is 16.5. The van der Waals surface area contributed by atoms with Crippen LogP contribution in [0, 0.1) is 18.3 Å². The van der Waals surface area contributed by atoms with Gasteiger partial charge < -0.3 is 9.72 Å². The quantitative estimate of drug-likeness (QED) is 0.683. The van der Waals surface area contributed by atoms with Crippen LogP contribution in [0.2, 0.25) is 0 Å². The lowest BCUT2D eigenvalue weighted by Gasteiger charge is -2.40. The summed E-state index contributed by atoms with van der Waals surface area (Å²) in [5, 5.41) is 1.26. The first-order valence-corrected chi connectivity index (χ1v) is 7.79. The van der Waals surface area contributed by atoms with E-state index in [1.807, 2.05) is 0 Å². The number of hydrogen-bond acceptors (Lipinski definition) is 3. The molecule has 23 heavy (non-hydrogen) atoms. The van der Waals surface area contributed by atoms with E-state index in [1.54, 1.807) is 0 Å². The van der Waals surface area contributed by atoms with Crippen LogP contribution < -0.4 is 0 Å². The number of hydrogen-bond donors (Lipinski definition) is 1. The molecule has 2 heterocycles. The minimum atomic E-state index is -0.268. The van der Waals surface area contributed by atoms with Crippen LogP contribution >= 0.6 is 0 Å². The Balaban J connectivity index is 1.88. The first kappa shape index (κ1) is 14.1. The Morgan fingerprint density at radius 2 is 2.39 bits per heavy atom. The van der Waals surface area contributed by atoms with E-state index in [-0.39, 0.29) is 17.9 Å². The first-order valence-electron chi connectivity index (χ1n) is 7.79. The summed E-state index contributed by atoms with van der Waals surface area (Å²) in [6, 6.07) is 6.49. The zero-order valence-electron chi connectivity index (χ0n) is 13.0. The number of fused-ring (bicyclic) bond motifs is 2. The van der Waals surface area contributed by atoms with Crippen LogP contribution in [0.5, 0.6) is 0 Å². The number of aromatic amines is 1. The van der Waals surface area contributed by atoms with Gasteiger partial charge in [-0.1, -0.05) is 24.1 Å². The van der Waals surface area contributed by atoms with E-state index in [0.29, 0.717) is 13.1 Å². The average molecular weight is 306 g/mol. The average Bonchev–Trinajstić information content (AvgIpc) is 2.99. The third kappa shape index (κ3) is 2.08. The lowest BCUT2D eigenvalue weighted by atomic mass is 9.79. The van der Waals surface area contributed by atoms with Gasteiger partial charge in [0.05, 0.1) is 19.6 Å². The highest BCUT2D eigenvalue weighted by molar-refractivity contribution is 5.99. The Hall–Kier alpha value is -2.51. The SMILES string of the molecule is C#CCN1CC(C(=O)OC)C=C2c3cccc4[nH]cc(c34)C[C@H]21. The smallest absolute Gasteiger partial charge is 0.313 e. The number of H-pyrrole nitrogens is 1. The minimum Gasteiger partial charge on any atom is -0.469 e. The molecule has 1 aromatic carbocycles. The fourth-order valence-corrected chi connectivity index (χ4v) is 3.92. The van der Waals surface area contributed by atoms with Crippen molar-refractivity contribution in [2.24, 2.45) is 5.92 Å². The summed E-state index contributed by atoms with van der Waals surface area (Å²) in [5.41, 5.74) is 4.85. The second kappa shape index (κ2) is 5.29. The Morgan fingerprint density at radius 3 is 3.17 bits per heavy atom. The van der Waals surface area contributed by atoms with Crippen LogP contribution in [-0.2, 0) is 16.0 Å². The first-order chi connectivity index (χ1) is 11.2. The van der Waals surface area contributed by atoms with E-state index in [9.17, 15) is 4.79 Å². The predicted molar refractivity (Wildman–Crippen MR) is 89.7 cm³/mol. The van der Waals surface area contributed by atoms with Crippen LogP contribution in [0.15, 0.2) is 30.5 Å². The third-order valence-corrected chi connectivity index (χ3v) is 4.92.